The number of hydrogen-bond acceptors (Lipinski definition) is 6. The molecule has 3 N–H and O–H groups in total. The lowest BCUT2D eigenvalue weighted by molar-refractivity contribution is -0.146. The van der Waals surface area contributed by atoms with Crippen LogP contribution in [-0.2, 0) is 22.6 Å². The maximum absolute atomic E-state index is 13.3. The van der Waals surface area contributed by atoms with Crippen molar-refractivity contribution in [1.29, 1.82) is 0 Å². The predicted octanol–water partition coefficient (Wildman–Crippen LogP) is 3.08. The number of pyridine rings is 1. The van der Waals surface area contributed by atoms with Crippen molar-refractivity contribution in [3.63, 3.8) is 0 Å². The Morgan fingerprint density at radius 1 is 1.20 bits per heavy atom. The second kappa shape index (κ2) is 10.4. The van der Waals surface area contributed by atoms with Crippen LogP contribution in [0.3, 0.4) is 0 Å². The van der Waals surface area contributed by atoms with Crippen molar-refractivity contribution in [2.24, 2.45) is 5.92 Å². The van der Waals surface area contributed by atoms with Gasteiger partial charge >= 0.3 is 11.8 Å². The van der Waals surface area contributed by atoms with E-state index >= 15 is 0 Å². The summed E-state index contributed by atoms with van der Waals surface area (Å²) in [6.07, 6.45) is 5.86. The molecule has 1 aliphatic rings. The van der Waals surface area contributed by atoms with Gasteiger partial charge in [0.1, 0.15) is 5.82 Å². The zero-order chi connectivity index (χ0) is 25.1. The van der Waals surface area contributed by atoms with Gasteiger partial charge in [-0.3, -0.25) is 14.3 Å². The van der Waals surface area contributed by atoms with E-state index in [1.807, 2.05) is 31.9 Å². The quantitative estimate of drug-likeness (QED) is 0.528. The van der Waals surface area contributed by atoms with Gasteiger partial charge in [0, 0.05) is 18.5 Å². The standard InChI is InChI=1S/C26H35N7O2/c1-5-18-13-21(15-28-24(18)27)30-25(34)26(35)32-16-17(2)6-8-22(32)19-7-9-23-20(12-19)14-29-33(23)11-10-31(3)4/h7,9,12-15,17,22H,5-6,8,10-11,16H2,1-4H3,(H2,27,28)(H,30,34)/t17-,22?/m1/s1. The van der Waals surface area contributed by atoms with Crippen molar-refractivity contribution in [2.45, 2.75) is 45.7 Å². The van der Waals surface area contributed by atoms with Gasteiger partial charge in [0.25, 0.3) is 0 Å². The topological polar surface area (TPSA) is 109 Å². The monoisotopic (exact) mass is 477 g/mol. The van der Waals surface area contributed by atoms with Crippen LogP contribution in [0.1, 0.15) is 43.9 Å². The normalized spacial score (nSPS) is 18.3. The lowest BCUT2D eigenvalue weighted by Crippen LogP contribution is -2.46. The molecule has 1 unspecified atom stereocenters. The van der Waals surface area contributed by atoms with Crippen molar-refractivity contribution in [2.75, 3.05) is 38.2 Å². The Labute approximate surface area is 206 Å². The number of nitrogen functional groups attached to an aromatic ring is 1. The van der Waals surface area contributed by atoms with E-state index in [1.165, 1.54) is 6.20 Å². The van der Waals surface area contributed by atoms with Crippen LogP contribution in [0.15, 0.2) is 36.7 Å². The molecule has 0 bridgehead atoms. The SMILES string of the molecule is CCc1cc(NC(=O)C(=O)N2C[C@H](C)CCC2c2ccc3c(cnn3CCN(C)C)c2)cnc1N. The lowest BCUT2D eigenvalue weighted by atomic mass is 9.89. The molecule has 2 aromatic heterocycles. The first-order valence-electron chi connectivity index (χ1n) is 12.2. The van der Waals surface area contributed by atoms with Gasteiger partial charge in [-0.15, -0.1) is 0 Å². The van der Waals surface area contributed by atoms with Crippen LogP contribution >= 0.6 is 0 Å². The molecule has 1 aromatic carbocycles. The number of piperidine rings is 1. The van der Waals surface area contributed by atoms with Crippen molar-refractivity contribution < 1.29 is 9.59 Å². The summed E-state index contributed by atoms with van der Waals surface area (Å²) in [5.74, 6) is -0.430. The number of amides is 2. The fourth-order valence-corrected chi connectivity index (χ4v) is 4.70. The maximum Gasteiger partial charge on any atom is 0.313 e. The highest BCUT2D eigenvalue weighted by molar-refractivity contribution is 6.39. The van der Waals surface area contributed by atoms with E-state index in [2.05, 4.69) is 45.4 Å². The number of benzene rings is 1. The second-order valence-corrected chi connectivity index (χ2v) is 9.72. The Kier molecular flexibility index (Phi) is 7.35. The molecule has 9 heteroatoms. The fraction of sp³-hybridized carbons (Fsp3) is 0.462. The minimum atomic E-state index is -0.657. The van der Waals surface area contributed by atoms with E-state index in [4.69, 9.17) is 5.73 Å². The van der Waals surface area contributed by atoms with Gasteiger partial charge in [0.05, 0.1) is 36.2 Å². The van der Waals surface area contributed by atoms with Crippen LogP contribution < -0.4 is 11.1 Å². The van der Waals surface area contributed by atoms with E-state index in [0.29, 0.717) is 30.4 Å². The van der Waals surface area contributed by atoms with Gasteiger partial charge in [-0.1, -0.05) is 19.9 Å². The first-order chi connectivity index (χ1) is 16.8. The van der Waals surface area contributed by atoms with Gasteiger partial charge in [-0.05, 0) is 68.6 Å². The molecule has 0 aliphatic carbocycles. The number of nitrogens with zero attached hydrogens (tertiary/aromatic N) is 5. The molecule has 2 atom stereocenters. The van der Waals surface area contributed by atoms with Gasteiger partial charge in [-0.2, -0.15) is 5.10 Å². The second-order valence-electron chi connectivity index (χ2n) is 9.72. The van der Waals surface area contributed by atoms with Crippen molar-refractivity contribution in [3.8, 4) is 0 Å². The third-order valence-electron chi connectivity index (χ3n) is 6.72. The van der Waals surface area contributed by atoms with Crippen molar-refractivity contribution in [3.05, 3.63) is 47.8 Å². The minimum absolute atomic E-state index is 0.158. The number of aromatic nitrogens is 3. The third-order valence-corrected chi connectivity index (χ3v) is 6.72. The summed E-state index contributed by atoms with van der Waals surface area (Å²) in [6, 6.07) is 7.85. The summed E-state index contributed by atoms with van der Waals surface area (Å²) in [6.45, 7) is 6.33. The maximum atomic E-state index is 13.3. The minimum Gasteiger partial charge on any atom is -0.383 e. The number of hydrogen-bond donors (Lipinski definition) is 2. The lowest BCUT2D eigenvalue weighted by Gasteiger charge is -2.38. The van der Waals surface area contributed by atoms with Crippen molar-refractivity contribution in [1.82, 2.24) is 24.6 Å². The van der Waals surface area contributed by atoms with Gasteiger partial charge in [-0.25, -0.2) is 4.98 Å². The smallest absolute Gasteiger partial charge is 0.313 e. The Morgan fingerprint density at radius 3 is 2.74 bits per heavy atom. The average Bonchev–Trinajstić information content (AvgIpc) is 3.25. The molecule has 186 valence electrons. The van der Waals surface area contributed by atoms with Crippen LogP contribution in [0.25, 0.3) is 10.9 Å². The molecule has 0 saturated carbocycles. The number of carbonyl (C=O) groups is 2. The molecule has 2 amide bonds. The zero-order valence-corrected chi connectivity index (χ0v) is 21.0. The Morgan fingerprint density at radius 2 is 2.00 bits per heavy atom. The summed E-state index contributed by atoms with van der Waals surface area (Å²) in [5, 5.41) is 8.30. The highest BCUT2D eigenvalue weighted by atomic mass is 16.2. The van der Waals surface area contributed by atoms with Crippen LogP contribution in [0, 0.1) is 5.92 Å². The van der Waals surface area contributed by atoms with Crippen LogP contribution in [0.2, 0.25) is 0 Å². The summed E-state index contributed by atoms with van der Waals surface area (Å²) in [4.78, 5) is 34.2. The number of anilines is 2. The number of nitrogens with two attached hydrogens (primary N) is 1. The third kappa shape index (κ3) is 5.45. The molecule has 3 heterocycles. The molecule has 1 aliphatic heterocycles. The molecule has 0 spiro atoms. The van der Waals surface area contributed by atoms with Crippen LogP contribution in [0.5, 0.6) is 0 Å². The molecule has 1 fully saturated rings. The van der Waals surface area contributed by atoms with E-state index in [1.54, 1.807) is 11.0 Å². The number of carbonyl (C=O) groups excluding carboxylic acids is 2. The summed E-state index contributed by atoms with van der Waals surface area (Å²) in [5.41, 5.74) is 9.27. The number of nitrogens with one attached hydrogen (secondary N) is 1. The zero-order valence-electron chi connectivity index (χ0n) is 21.0. The molecular weight excluding hydrogens is 442 g/mol. The Hall–Kier alpha value is -3.46. The predicted molar refractivity (Wildman–Crippen MR) is 138 cm³/mol. The summed E-state index contributed by atoms with van der Waals surface area (Å²) in [7, 11) is 4.09. The summed E-state index contributed by atoms with van der Waals surface area (Å²) >= 11 is 0. The van der Waals surface area contributed by atoms with Crippen molar-refractivity contribution >= 4 is 34.2 Å². The Bertz CT molecular complexity index is 1220. The number of fused-ring (bicyclic) bond motifs is 1. The molecule has 1 saturated heterocycles. The number of likely N-dealkylation sites (N-methyl/N-ethyl adjacent to an activating group) is 1. The average molecular weight is 478 g/mol. The largest absolute Gasteiger partial charge is 0.383 e. The highest BCUT2D eigenvalue weighted by Gasteiger charge is 2.34. The van der Waals surface area contributed by atoms with Gasteiger partial charge < -0.3 is 20.9 Å². The molecule has 9 nitrogen and oxygen atoms in total. The van der Waals surface area contributed by atoms with E-state index in [-0.39, 0.29) is 6.04 Å². The molecule has 3 aromatic rings. The number of likely N-dealkylation sites (tertiary alicyclic amines) is 1. The van der Waals surface area contributed by atoms with E-state index in [9.17, 15) is 9.59 Å². The van der Waals surface area contributed by atoms with Crippen LogP contribution in [-0.4, -0.2) is 63.6 Å². The van der Waals surface area contributed by atoms with E-state index in [0.717, 1.165) is 48.0 Å². The van der Waals surface area contributed by atoms with Crippen LogP contribution in [0.4, 0.5) is 11.5 Å². The molecule has 0 radical (unpaired) electrons. The van der Waals surface area contributed by atoms with Gasteiger partial charge in [0.2, 0.25) is 0 Å². The fourth-order valence-electron chi connectivity index (χ4n) is 4.70. The summed E-state index contributed by atoms with van der Waals surface area (Å²) < 4.78 is 2.00. The highest BCUT2D eigenvalue weighted by Crippen LogP contribution is 2.35. The van der Waals surface area contributed by atoms with Gasteiger partial charge in [0.15, 0.2) is 0 Å². The Balaban J connectivity index is 1.55. The molecular formula is C26H35N7O2. The number of rotatable bonds is 6. The number of aryl methyl sites for hydroxylation is 1. The molecule has 35 heavy (non-hydrogen) atoms. The van der Waals surface area contributed by atoms with E-state index < -0.39 is 11.8 Å². The first-order valence-corrected chi connectivity index (χ1v) is 12.2. The first kappa shape index (κ1) is 24.7. The molecule has 4 rings (SSSR count).